The molecule has 2 N–H and O–H groups in total. The van der Waals surface area contributed by atoms with E-state index in [1.807, 2.05) is 5.48 Å². The van der Waals surface area contributed by atoms with E-state index in [-0.39, 0.29) is 12.4 Å². The van der Waals surface area contributed by atoms with Crippen LogP contribution in [0.3, 0.4) is 0 Å². The molecule has 0 heterocycles. The van der Waals surface area contributed by atoms with Gasteiger partial charge in [-0.05, 0) is 35.4 Å². The van der Waals surface area contributed by atoms with Gasteiger partial charge < -0.3 is 5.21 Å². The largest absolute Gasteiger partial charge is 0.316 e. The number of hydrogen-bond donors (Lipinski definition) is 2. The molecular weight excluding hydrogens is 224 g/mol. The third-order valence-corrected chi connectivity index (χ3v) is 2.49. The van der Waals surface area contributed by atoms with Crippen LogP contribution in [0.5, 0.6) is 0 Å². The predicted octanol–water partition coefficient (Wildman–Crippen LogP) is 3.11. The highest BCUT2D eigenvalue weighted by molar-refractivity contribution is 5.64. The molecule has 4 heteroatoms. The molecule has 0 aliphatic rings. The molecule has 0 bridgehead atoms. The summed E-state index contributed by atoms with van der Waals surface area (Å²) < 4.78 is 26.1. The van der Waals surface area contributed by atoms with E-state index in [9.17, 15) is 8.78 Å². The molecule has 0 aliphatic heterocycles. The third kappa shape index (κ3) is 2.67. The average Bonchev–Trinajstić information content (AvgIpc) is 2.33. The summed E-state index contributed by atoms with van der Waals surface area (Å²) in [6.45, 7) is 0.0286. The quantitative estimate of drug-likeness (QED) is 0.801. The Hall–Kier alpha value is -1.78. The summed E-state index contributed by atoms with van der Waals surface area (Å²) in [5, 5.41) is 8.58. The molecule has 0 aliphatic carbocycles. The van der Waals surface area contributed by atoms with Crippen LogP contribution >= 0.6 is 0 Å². The van der Waals surface area contributed by atoms with Crippen molar-refractivity contribution >= 4 is 0 Å². The Labute approximate surface area is 97.5 Å². The molecule has 0 spiro atoms. The minimum atomic E-state index is -0.391. The number of hydrogen-bond acceptors (Lipinski definition) is 2. The molecule has 0 radical (unpaired) electrons. The lowest BCUT2D eigenvalue weighted by Gasteiger charge is -2.06. The first-order valence-electron chi connectivity index (χ1n) is 5.12. The zero-order valence-corrected chi connectivity index (χ0v) is 8.95. The van der Waals surface area contributed by atoms with Crippen LogP contribution in [0.4, 0.5) is 8.78 Å². The van der Waals surface area contributed by atoms with Crippen molar-refractivity contribution in [1.82, 2.24) is 5.48 Å². The van der Waals surface area contributed by atoms with Crippen molar-refractivity contribution in [1.29, 1.82) is 0 Å². The van der Waals surface area contributed by atoms with Gasteiger partial charge in [-0.2, -0.15) is 0 Å². The average molecular weight is 235 g/mol. The summed E-state index contributed by atoms with van der Waals surface area (Å²) in [7, 11) is 0. The maximum absolute atomic E-state index is 13.3. The fourth-order valence-electron chi connectivity index (χ4n) is 1.62. The van der Waals surface area contributed by atoms with Crippen LogP contribution in [0.25, 0.3) is 11.1 Å². The van der Waals surface area contributed by atoms with Gasteiger partial charge in [0.1, 0.15) is 11.6 Å². The van der Waals surface area contributed by atoms with Gasteiger partial charge in [-0.3, -0.25) is 0 Å². The van der Waals surface area contributed by atoms with E-state index in [4.69, 9.17) is 5.21 Å². The highest BCUT2D eigenvalue weighted by Gasteiger charge is 2.05. The van der Waals surface area contributed by atoms with E-state index >= 15 is 0 Å². The van der Waals surface area contributed by atoms with Crippen molar-refractivity contribution in [2.24, 2.45) is 0 Å². The standard InChI is InChI=1S/C13H11F2NO/c14-12-4-1-9(2-5-12)10-3-6-13(15)11(7-10)8-16-17/h1-7,16-17H,8H2. The van der Waals surface area contributed by atoms with Gasteiger partial charge in [0.2, 0.25) is 0 Å². The Morgan fingerprint density at radius 1 is 0.941 bits per heavy atom. The summed E-state index contributed by atoms with van der Waals surface area (Å²) in [4.78, 5) is 0. The minimum Gasteiger partial charge on any atom is -0.316 e. The van der Waals surface area contributed by atoms with Crippen molar-refractivity contribution in [3.05, 3.63) is 59.7 Å². The first-order chi connectivity index (χ1) is 8.20. The zero-order chi connectivity index (χ0) is 12.3. The minimum absolute atomic E-state index is 0.0286. The first-order valence-corrected chi connectivity index (χ1v) is 5.12. The zero-order valence-electron chi connectivity index (χ0n) is 8.95. The van der Waals surface area contributed by atoms with Crippen molar-refractivity contribution in [3.8, 4) is 11.1 Å². The van der Waals surface area contributed by atoms with Gasteiger partial charge >= 0.3 is 0 Å². The molecule has 0 unspecified atom stereocenters. The van der Waals surface area contributed by atoms with Gasteiger partial charge in [-0.1, -0.05) is 18.2 Å². The van der Waals surface area contributed by atoms with E-state index in [1.54, 1.807) is 24.3 Å². The fourth-order valence-corrected chi connectivity index (χ4v) is 1.62. The first kappa shape index (κ1) is 11.7. The molecule has 2 rings (SSSR count). The summed E-state index contributed by atoms with van der Waals surface area (Å²) in [5.74, 6) is -0.703. The molecule has 0 saturated carbocycles. The summed E-state index contributed by atoms with van der Waals surface area (Å²) >= 11 is 0. The van der Waals surface area contributed by atoms with E-state index in [1.165, 1.54) is 18.2 Å². The van der Waals surface area contributed by atoms with E-state index in [0.717, 1.165) is 11.1 Å². The van der Waals surface area contributed by atoms with Gasteiger partial charge in [0.25, 0.3) is 0 Å². The van der Waals surface area contributed by atoms with Crippen molar-refractivity contribution in [2.45, 2.75) is 6.54 Å². The fraction of sp³-hybridized carbons (Fsp3) is 0.0769. The number of halogens is 2. The topological polar surface area (TPSA) is 32.3 Å². The van der Waals surface area contributed by atoms with Gasteiger partial charge in [0, 0.05) is 12.1 Å². The van der Waals surface area contributed by atoms with Gasteiger partial charge in [-0.15, -0.1) is 0 Å². The number of benzene rings is 2. The highest BCUT2D eigenvalue weighted by Crippen LogP contribution is 2.22. The Kier molecular flexibility index (Phi) is 3.46. The van der Waals surface area contributed by atoms with Crippen molar-refractivity contribution in [3.63, 3.8) is 0 Å². The second-order valence-electron chi connectivity index (χ2n) is 3.65. The lowest BCUT2D eigenvalue weighted by molar-refractivity contribution is 0.160. The Bertz CT molecular complexity index is 511. The monoisotopic (exact) mass is 235 g/mol. The Morgan fingerprint density at radius 3 is 2.24 bits per heavy atom. The van der Waals surface area contributed by atoms with Crippen LogP contribution in [0.2, 0.25) is 0 Å². The Morgan fingerprint density at radius 2 is 1.59 bits per heavy atom. The molecule has 0 amide bonds. The van der Waals surface area contributed by atoms with E-state index in [2.05, 4.69) is 0 Å². The smallest absolute Gasteiger partial charge is 0.127 e. The molecule has 0 atom stereocenters. The lowest BCUT2D eigenvalue weighted by atomic mass is 10.0. The molecule has 2 aromatic rings. The summed E-state index contributed by atoms with van der Waals surface area (Å²) in [5.41, 5.74) is 3.84. The van der Waals surface area contributed by atoms with Crippen LogP contribution < -0.4 is 5.48 Å². The molecule has 0 saturated heterocycles. The molecule has 0 fully saturated rings. The predicted molar refractivity (Wildman–Crippen MR) is 60.4 cm³/mol. The van der Waals surface area contributed by atoms with E-state index in [0.29, 0.717) is 5.56 Å². The van der Waals surface area contributed by atoms with Crippen molar-refractivity contribution < 1.29 is 14.0 Å². The molecule has 0 aromatic heterocycles. The third-order valence-electron chi connectivity index (χ3n) is 2.49. The molecule has 88 valence electrons. The SMILES string of the molecule is ONCc1cc(-c2ccc(F)cc2)ccc1F. The molecule has 2 aromatic carbocycles. The number of nitrogens with one attached hydrogen (secondary N) is 1. The maximum atomic E-state index is 13.3. The summed E-state index contributed by atoms with van der Waals surface area (Å²) in [6.07, 6.45) is 0. The van der Waals surface area contributed by atoms with Gasteiger partial charge in [-0.25, -0.2) is 14.3 Å². The van der Waals surface area contributed by atoms with E-state index < -0.39 is 5.82 Å². The number of rotatable bonds is 3. The van der Waals surface area contributed by atoms with Crippen LogP contribution in [0, 0.1) is 11.6 Å². The second-order valence-corrected chi connectivity index (χ2v) is 3.65. The lowest BCUT2D eigenvalue weighted by Crippen LogP contribution is -2.07. The summed E-state index contributed by atoms with van der Waals surface area (Å²) in [6, 6.07) is 10.5. The van der Waals surface area contributed by atoms with Gasteiger partial charge in [0.15, 0.2) is 0 Å². The van der Waals surface area contributed by atoms with Gasteiger partial charge in [0.05, 0.1) is 0 Å². The van der Waals surface area contributed by atoms with Crippen LogP contribution in [-0.2, 0) is 6.54 Å². The highest BCUT2D eigenvalue weighted by atomic mass is 19.1. The number of hydroxylamine groups is 1. The Balaban J connectivity index is 2.39. The molecular formula is C13H11F2NO. The van der Waals surface area contributed by atoms with Crippen LogP contribution in [0.1, 0.15) is 5.56 Å². The molecule has 2 nitrogen and oxygen atoms in total. The van der Waals surface area contributed by atoms with Crippen LogP contribution in [-0.4, -0.2) is 5.21 Å². The maximum Gasteiger partial charge on any atom is 0.127 e. The van der Waals surface area contributed by atoms with Crippen LogP contribution in [0.15, 0.2) is 42.5 Å². The normalized spacial score (nSPS) is 10.5. The molecule has 17 heavy (non-hydrogen) atoms. The van der Waals surface area contributed by atoms with Crippen molar-refractivity contribution in [2.75, 3.05) is 0 Å². The second kappa shape index (κ2) is 5.03.